The fourth-order valence-corrected chi connectivity index (χ4v) is 7.84. The highest BCUT2D eigenvalue weighted by Gasteiger charge is 2.20. The third-order valence-corrected chi connectivity index (χ3v) is 9.45. The SMILES string of the molecule is O=S(=O)(Nc1cccc(C2SCCS2)c1)c1ccc(Br)s1. The molecular weight excluding hydrogens is 410 g/mol. The highest BCUT2D eigenvalue weighted by molar-refractivity contribution is 9.11. The van der Waals surface area contributed by atoms with Gasteiger partial charge in [-0.1, -0.05) is 12.1 Å². The van der Waals surface area contributed by atoms with Crippen LogP contribution in [0.2, 0.25) is 0 Å². The Hall–Kier alpha value is -0.150. The first-order valence-corrected chi connectivity index (χ1v) is 11.3. The number of sulfonamides is 1. The van der Waals surface area contributed by atoms with Crippen molar-refractivity contribution in [2.45, 2.75) is 8.79 Å². The monoisotopic (exact) mass is 421 g/mol. The highest BCUT2D eigenvalue weighted by Crippen LogP contribution is 2.45. The third kappa shape index (κ3) is 3.79. The molecule has 1 aromatic heterocycles. The summed E-state index contributed by atoms with van der Waals surface area (Å²) >= 11 is 8.30. The van der Waals surface area contributed by atoms with Gasteiger partial charge in [-0.25, -0.2) is 8.42 Å². The van der Waals surface area contributed by atoms with E-state index in [0.717, 1.165) is 20.9 Å². The minimum Gasteiger partial charge on any atom is -0.279 e. The summed E-state index contributed by atoms with van der Waals surface area (Å²) in [5.41, 5.74) is 1.78. The summed E-state index contributed by atoms with van der Waals surface area (Å²) in [6.07, 6.45) is 0. The summed E-state index contributed by atoms with van der Waals surface area (Å²) in [5.74, 6) is 2.29. The molecule has 0 spiro atoms. The lowest BCUT2D eigenvalue weighted by atomic mass is 10.2. The van der Waals surface area contributed by atoms with Crippen molar-refractivity contribution in [3.63, 3.8) is 0 Å². The minimum absolute atomic E-state index is 0.310. The number of nitrogens with one attached hydrogen (secondary N) is 1. The molecule has 0 bridgehead atoms. The van der Waals surface area contributed by atoms with Crippen LogP contribution in [0.25, 0.3) is 0 Å². The van der Waals surface area contributed by atoms with Crippen LogP contribution < -0.4 is 4.72 Å². The Morgan fingerprint density at radius 2 is 1.90 bits per heavy atom. The van der Waals surface area contributed by atoms with Crippen LogP contribution in [0, 0.1) is 0 Å². The van der Waals surface area contributed by atoms with E-state index >= 15 is 0 Å². The van der Waals surface area contributed by atoms with Crippen LogP contribution in [0.3, 0.4) is 0 Å². The van der Waals surface area contributed by atoms with Gasteiger partial charge >= 0.3 is 0 Å². The van der Waals surface area contributed by atoms with Gasteiger partial charge in [0.15, 0.2) is 0 Å². The second-order valence-electron chi connectivity index (χ2n) is 4.36. The molecule has 112 valence electrons. The zero-order valence-electron chi connectivity index (χ0n) is 10.8. The summed E-state index contributed by atoms with van der Waals surface area (Å²) in [6.45, 7) is 0. The summed E-state index contributed by atoms with van der Waals surface area (Å²) in [5, 5.41) is 0. The lowest BCUT2D eigenvalue weighted by molar-refractivity contribution is 0.603. The largest absolute Gasteiger partial charge is 0.279 e. The molecule has 0 unspecified atom stereocenters. The average molecular weight is 422 g/mol. The molecule has 1 fully saturated rings. The van der Waals surface area contributed by atoms with E-state index in [2.05, 4.69) is 26.7 Å². The molecule has 3 rings (SSSR count). The first kappa shape index (κ1) is 15.7. The molecule has 0 saturated carbocycles. The van der Waals surface area contributed by atoms with Gasteiger partial charge in [0, 0.05) is 17.2 Å². The van der Waals surface area contributed by atoms with Gasteiger partial charge in [0.05, 0.1) is 8.37 Å². The standard InChI is InChI=1S/C13H12BrNO2S4/c14-11-4-5-12(20-11)21(16,17)15-10-3-1-2-9(8-10)13-18-6-7-19-13/h1-5,8,13,15H,6-7H2. The molecule has 0 aliphatic carbocycles. The molecule has 0 amide bonds. The normalized spacial score (nSPS) is 16.2. The Bertz CT molecular complexity index is 738. The Labute approximate surface area is 145 Å². The van der Waals surface area contributed by atoms with E-state index in [1.165, 1.54) is 11.3 Å². The van der Waals surface area contributed by atoms with Gasteiger partial charge in [0.1, 0.15) is 4.21 Å². The molecule has 0 radical (unpaired) electrons. The molecule has 1 aliphatic heterocycles. The van der Waals surface area contributed by atoms with Gasteiger partial charge < -0.3 is 0 Å². The topological polar surface area (TPSA) is 46.2 Å². The molecule has 1 aliphatic rings. The predicted octanol–water partition coefficient (Wildman–Crippen LogP) is 4.79. The zero-order chi connectivity index (χ0) is 14.9. The molecule has 1 saturated heterocycles. The first-order chi connectivity index (χ1) is 10.0. The number of hydrogen-bond donors (Lipinski definition) is 1. The lowest BCUT2D eigenvalue weighted by Gasteiger charge is -2.11. The van der Waals surface area contributed by atoms with Crippen LogP contribution in [-0.4, -0.2) is 19.9 Å². The predicted molar refractivity (Wildman–Crippen MR) is 96.9 cm³/mol. The van der Waals surface area contributed by atoms with Crippen molar-refractivity contribution >= 4 is 66.5 Å². The van der Waals surface area contributed by atoms with Gasteiger partial charge in [-0.15, -0.1) is 34.9 Å². The van der Waals surface area contributed by atoms with Crippen molar-refractivity contribution in [1.82, 2.24) is 0 Å². The molecule has 2 heterocycles. The first-order valence-electron chi connectivity index (χ1n) is 6.16. The fraction of sp³-hybridized carbons (Fsp3) is 0.231. The van der Waals surface area contributed by atoms with Crippen molar-refractivity contribution in [2.24, 2.45) is 0 Å². The number of thioether (sulfide) groups is 2. The number of benzene rings is 1. The summed E-state index contributed by atoms with van der Waals surface area (Å²) in [6, 6.07) is 11.0. The summed E-state index contributed by atoms with van der Waals surface area (Å²) < 4.78 is 28.8. The molecular formula is C13H12BrNO2S4. The highest BCUT2D eigenvalue weighted by atomic mass is 79.9. The number of hydrogen-bond acceptors (Lipinski definition) is 5. The van der Waals surface area contributed by atoms with Gasteiger partial charge in [-0.05, 0) is 45.8 Å². The third-order valence-electron chi connectivity index (χ3n) is 2.85. The lowest BCUT2D eigenvalue weighted by Crippen LogP contribution is -2.11. The molecule has 1 N–H and O–H groups in total. The Kier molecular flexibility index (Phi) is 4.90. The van der Waals surface area contributed by atoms with Crippen molar-refractivity contribution < 1.29 is 8.42 Å². The summed E-state index contributed by atoms with van der Waals surface area (Å²) in [7, 11) is -3.51. The Morgan fingerprint density at radius 1 is 1.14 bits per heavy atom. The van der Waals surface area contributed by atoms with Crippen LogP contribution in [-0.2, 0) is 10.0 Å². The minimum atomic E-state index is -3.51. The molecule has 2 aromatic rings. The van der Waals surface area contributed by atoms with Crippen molar-refractivity contribution in [1.29, 1.82) is 0 Å². The number of rotatable bonds is 4. The van der Waals surface area contributed by atoms with Crippen LogP contribution in [0.1, 0.15) is 10.1 Å². The number of halogens is 1. The maximum atomic E-state index is 12.3. The van der Waals surface area contributed by atoms with Crippen molar-refractivity contribution in [2.75, 3.05) is 16.2 Å². The maximum absolute atomic E-state index is 12.3. The van der Waals surface area contributed by atoms with Crippen LogP contribution in [0.4, 0.5) is 5.69 Å². The van der Waals surface area contributed by atoms with E-state index in [-0.39, 0.29) is 0 Å². The van der Waals surface area contributed by atoms with Crippen LogP contribution in [0.15, 0.2) is 44.4 Å². The van der Waals surface area contributed by atoms with Crippen LogP contribution in [0.5, 0.6) is 0 Å². The molecule has 8 heteroatoms. The Balaban J connectivity index is 1.83. The van der Waals surface area contributed by atoms with E-state index < -0.39 is 10.0 Å². The van der Waals surface area contributed by atoms with Gasteiger partial charge in [-0.3, -0.25) is 4.72 Å². The molecule has 0 atom stereocenters. The van der Waals surface area contributed by atoms with Crippen molar-refractivity contribution in [3.8, 4) is 0 Å². The second kappa shape index (κ2) is 6.54. The zero-order valence-corrected chi connectivity index (χ0v) is 15.6. The molecule has 3 nitrogen and oxygen atoms in total. The smallest absolute Gasteiger partial charge is 0.271 e. The second-order valence-corrected chi connectivity index (χ2v) is 11.5. The average Bonchev–Trinajstić information content (AvgIpc) is 3.09. The number of thiophene rings is 1. The van der Waals surface area contributed by atoms with Crippen molar-refractivity contribution in [3.05, 3.63) is 45.7 Å². The summed E-state index contributed by atoms with van der Waals surface area (Å²) in [4.78, 5) is 0. The van der Waals surface area contributed by atoms with Gasteiger partial charge in [-0.2, -0.15) is 0 Å². The quantitative estimate of drug-likeness (QED) is 0.770. The van der Waals surface area contributed by atoms with E-state index in [4.69, 9.17) is 0 Å². The van der Waals surface area contributed by atoms with Crippen LogP contribution >= 0.6 is 50.8 Å². The molecule has 21 heavy (non-hydrogen) atoms. The number of anilines is 1. The van der Waals surface area contributed by atoms with E-state index in [9.17, 15) is 8.42 Å². The van der Waals surface area contributed by atoms with E-state index in [1.807, 2.05) is 35.7 Å². The molecule has 1 aromatic carbocycles. The Morgan fingerprint density at radius 3 is 2.57 bits per heavy atom. The fourth-order valence-electron chi connectivity index (χ4n) is 1.95. The van der Waals surface area contributed by atoms with Gasteiger partial charge in [0.25, 0.3) is 10.0 Å². The van der Waals surface area contributed by atoms with E-state index in [1.54, 1.807) is 18.2 Å². The van der Waals surface area contributed by atoms with Gasteiger partial charge in [0.2, 0.25) is 0 Å². The maximum Gasteiger partial charge on any atom is 0.271 e. The van der Waals surface area contributed by atoms with E-state index in [0.29, 0.717) is 14.5 Å².